The third-order valence-corrected chi connectivity index (χ3v) is 5.30. The molecule has 0 aliphatic heterocycles. The van der Waals surface area contributed by atoms with Gasteiger partial charge in [-0.2, -0.15) is 0 Å². The number of hydrogen-bond acceptors (Lipinski definition) is 5. The van der Waals surface area contributed by atoms with E-state index in [-0.39, 0.29) is 5.91 Å². The highest BCUT2D eigenvalue weighted by Gasteiger charge is 2.22. The molecule has 1 amide bonds. The summed E-state index contributed by atoms with van der Waals surface area (Å²) >= 11 is 1.55. The van der Waals surface area contributed by atoms with Crippen molar-refractivity contribution in [3.8, 4) is 10.6 Å². The lowest BCUT2D eigenvalue weighted by Crippen LogP contribution is -2.30. The van der Waals surface area contributed by atoms with Crippen LogP contribution in [0.2, 0.25) is 0 Å². The SMILES string of the molecule is C[C@@H](OC(=O)c1cc(-c2cccs2)nc2ccccc12)C(=O)Nc1ccccc1. The van der Waals surface area contributed by atoms with E-state index < -0.39 is 12.1 Å². The summed E-state index contributed by atoms with van der Waals surface area (Å²) in [6.07, 6.45) is -0.945. The van der Waals surface area contributed by atoms with E-state index in [1.165, 1.54) is 0 Å². The Hall–Kier alpha value is -3.51. The van der Waals surface area contributed by atoms with Crippen LogP contribution >= 0.6 is 11.3 Å². The Morgan fingerprint density at radius 1 is 1.00 bits per heavy atom. The van der Waals surface area contributed by atoms with E-state index in [0.29, 0.717) is 27.8 Å². The summed E-state index contributed by atoms with van der Waals surface area (Å²) in [5.74, 6) is -0.946. The molecular formula is C23H18N2O3S. The molecule has 29 heavy (non-hydrogen) atoms. The zero-order valence-corrected chi connectivity index (χ0v) is 16.5. The van der Waals surface area contributed by atoms with E-state index in [1.807, 2.05) is 60.0 Å². The number of carbonyl (C=O) groups is 2. The number of thiophene rings is 1. The van der Waals surface area contributed by atoms with Gasteiger partial charge in [0.2, 0.25) is 0 Å². The number of ether oxygens (including phenoxy) is 1. The van der Waals surface area contributed by atoms with Crippen LogP contribution in [-0.2, 0) is 9.53 Å². The number of rotatable bonds is 5. The first-order valence-electron chi connectivity index (χ1n) is 9.12. The number of benzene rings is 2. The zero-order chi connectivity index (χ0) is 20.2. The monoisotopic (exact) mass is 402 g/mol. The van der Waals surface area contributed by atoms with Gasteiger partial charge >= 0.3 is 5.97 Å². The summed E-state index contributed by atoms with van der Waals surface area (Å²) in [7, 11) is 0. The molecule has 0 saturated heterocycles. The second-order valence-electron chi connectivity index (χ2n) is 6.45. The van der Waals surface area contributed by atoms with Crippen molar-refractivity contribution in [2.75, 3.05) is 5.32 Å². The number of carbonyl (C=O) groups excluding carboxylic acids is 2. The van der Waals surface area contributed by atoms with Crippen LogP contribution in [0.1, 0.15) is 17.3 Å². The average molecular weight is 402 g/mol. The highest BCUT2D eigenvalue weighted by atomic mass is 32.1. The topological polar surface area (TPSA) is 68.3 Å². The Labute approximate surface area is 172 Å². The smallest absolute Gasteiger partial charge is 0.339 e. The Balaban J connectivity index is 1.60. The number of pyridine rings is 1. The van der Waals surface area contributed by atoms with Crippen LogP contribution in [0.5, 0.6) is 0 Å². The van der Waals surface area contributed by atoms with Crippen molar-refractivity contribution in [2.45, 2.75) is 13.0 Å². The molecule has 2 aromatic carbocycles. The summed E-state index contributed by atoms with van der Waals surface area (Å²) in [5.41, 5.74) is 2.44. The van der Waals surface area contributed by atoms with Gasteiger partial charge in [-0.3, -0.25) is 4.79 Å². The molecule has 0 fully saturated rings. The molecule has 6 heteroatoms. The first-order valence-corrected chi connectivity index (χ1v) is 10.0. The van der Waals surface area contributed by atoms with E-state index in [0.717, 1.165) is 4.88 Å². The summed E-state index contributed by atoms with van der Waals surface area (Å²) in [5, 5.41) is 5.39. The molecule has 2 aromatic heterocycles. The van der Waals surface area contributed by atoms with Crippen molar-refractivity contribution in [1.82, 2.24) is 4.98 Å². The van der Waals surface area contributed by atoms with Crippen LogP contribution in [0.4, 0.5) is 5.69 Å². The second kappa shape index (κ2) is 8.24. The molecule has 0 unspecified atom stereocenters. The highest BCUT2D eigenvalue weighted by Crippen LogP contribution is 2.28. The normalized spacial score (nSPS) is 11.8. The van der Waals surface area contributed by atoms with Crippen LogP contribution in [0.3, 0.4) is 0 Å². The third kappa shape index (κ3) is 4.17. The van der Waals surface area contributed by atoms with Crippen LogP contribution < -0.4 is 5.32 Å². The van der Waals surface area contributed by atoms with E-state index >= 15 is 0 Å². The van der Waals surface area contributed by atoms with Gasteiger partial charge in [-0.15, -0.1) is 11.3 Å². The maximum Gasteiger partial charge on any atom is 0.339 e. The standard InChI is InChI=1S/C23H18N2O3S/c1-15(22(26)24-16-8-3-2-4-9-16)28-23(27)18-14-20(21-12-7-13-29-21)25-19-11-6-5-10-17(18)19/h2-15H,1H3,(H,24,26)/t15-/m1/s1. The zero-order valence-electron chi connectivity index (χ0n) is 15.7. The lowest BCUT2D eigenvalue weighted by molar-refractivity contribution is -0.123. The van der Waals surface area contributed by atoms with E-state index in [9.17, 15) is 9.59 Å². The number of para-hydroxylation sites is 2. The van der Waals surface area contributed by atoms with Gasteiger partial charge in [0.1, 0.15) is 0 Å². The molecule has 0 aliphatic rings. The van der Waals surface area contributed by atoms with Crippen molar-refractivity contribution in [3.63, 3.8) is 0 Å². The molecule has 1 N–H and O–H groups in total. The van der Waals surface area contributed by atoms with Gasteiger partial charge in [-0.05, 0) is 42.6 Å². The van der Waals surface area contributed by atoms with Gasteiger partial charge in [-0.1, -0.05) is 42.5 Å². The first kappa shape index (κ1) is 18.8. The van der Waals surface area contributed by atoms with E-state index in [2.05, 4.69) is 10.3 Å². The molecule has 144 valence electrons. The predicted molar refractivity (Wildman–Crippen MR) is 115 cm³/mol. The maximum atomic E-state index is 12.9. The number of fused-ring (bicyclic) bond motifs is 1. The van der Waals surface area contributed by atoms with Gasteiger partial charge in [0.15, 0.2) is 6.10 Å². The number of esters is 1. The van der Waals surface area contributed by atoms with Crippen molar-refractivity contribution in [1.29, 1.82) is 0 Å². The first-order chi connectivity index (χ1) is 14.1. The van der Waals surface area contributed by atoms with Crippen LogP contribution in [0.25, 0.3) is 21.5 Å². The van der Waals surface area contributed by atoms with Crippen molar-refractivity contribution >= 4 is 39.8 Å². The Bertz CT molecular complexity index is 1160. The van der Waals surface area contributed by atoms with Crippen LogP contribution in [0.15, 0.2) is 78.2 Å². The number of amides is 1. The minimum absolute atomic E-state index is 0.387. The summed E-state index contributed by atoms with van der Waals surface area (Å²) in [4.78, 5) is 30.9. The quantitative estimate of drug-likeness (QED) is 0.469. The molecule has 0 aliphatic carbocycles. The molecule has 4 rings (SSSR count). The summed E-state index contributed by atoms with van der Waals surface area (Å²) < 4.78 is 5.48. The lowest BCUT2D eigenvalue weighted by Gasteiger charge is -2.15. The maximum absolute atomic E-state index is 12.9. The number of nitrogens with zero attached hydrogens (tertiary/aromatic N) is 1. The average Bonchev–Trinajstić information content (AvgIpc) is 3.28. The Morgan fingerprint density at radius 3 is 2.52 bits per heavy atom. The largest absolute Gasteiger partial charge is 0.449 e. The van der Waals surface area contributed by atoms with Crippen LogP contribution in [0, 0.1) is 0 Å². The molecule has 5 nitrogen and oxygen atoms in total. The second-order valence-corrected chi connectivity index (χ2v) is 7.40. The minimum atomic E-state index is -0.945. The Kier molecular flexibility index (Phi) is 5.35. The fourth-order valence-corrected chi connectivity index (χ4v) is 3.62. The van der Waals surface area contributed by atoms with E-state index in [4.69, 9.17) is 4.74 Å². The van der Waals surface area contributed by atoms with Crippen molar-refractivity contribution in [3.05, 3.63) is 83.7 Å². The van der Waals surface area contributed by atoms with Gasteiger partial charge in [0, 0.05) is 11.1 Å². The molecule has 4 aromatic rings. The van der Waals surface area contributed by atoms with Crippen LogP contribution in [-0.4, -0.2) is 23.0 Å². The Morgan fingerprint density at radius 2 is 1.76 bits per heavy atom. The van der Waals surface area contributed by atoms with Gasteiger partial charge in [0.05, 0.1) is 21.7 Å². The molecule has 0 radical (unpaired) electrons. The molecule has 2 heterocycles. The molecule has 0 bridgehead atoms. The number of nitrogens with one attached hydrogen (secondary N) is 1. The lowest BCUT2D eigenvalue weighted by atomic mass is 10.1. The number of hydrogen-bond donors (Lipinski definition) is 1. The third-order valence-electron chi connectivity index (χ3n) is 4.40. The number of aromatic nitrogens is 1. The molecule has 0 saturated carbocycles. The number of anilines is 1. The molecule has 1 atom stereocenters. The summed E-state index contributed by atoms with van der Waals surface area (Å²) in [6, 6.07) is 22.1. The van der Waals surface area contributed by atoms with Crippen molar-refractivity contribution in [2.24, 2.45) is 0 Å². The molecular weight excluding hydrogens is 384 g/mol. The van der Waals surface area contributed by atoms with Gasteiger partial charge in [-0.25, -0.2) is 9.78 Å². The molecule has 0 spiro atoms. The fourth-order valence-electron chi connectivity index (χ4n) is 2.94. The minimum Gasteiger partial charge on any atom is -0.449 e. The fraction of sp³-hybridized carbons (Fsp3) is 0.0870. The van der Waals surface area contributed by atoms with Gasteiger partial charge in [0.25, 0.3) is 5.91 Å². The highest BCUT2D eigenvalue weighted by molar-refractivity contribution is 7.13. The predicted octanol–water partition coefficient (Wildman–Crippen LogP) is 5.15. The van der Waals surface area contributed by atoms with Crippen molar-refractivity contribution < 1.29 is 14.3 Å². The summed E-state index contributed by atoms with van der Waals surface area (Å²) in [6.45, 7) is 1.56. The van der Waals surface area contributed by atoms with E-state index in [1.54, 1.807) is 36.5 Å². The van der Waals surface area contributed by atoms with Gasteiger partial charge < -0.3 is 10.1 Å².